The molecule has 0 aromatic rings. The van der Waals surface area contributed by atoms with E-state index in [0.29, 0.717) is 24.6 Å². The van der Waals surface area contributed by atoms with Crippen LogP contribution < -0.4 is 5.32 Å². The van der Waals surface area contributed by atoms with Gasteiger partial charge in [0, 0.05) is 25.2 Å². The summed E-state index contributed by atoms with van der Waals surface area (Å²) in [7, 11) is 0. The molecule has 4 heteroatoms. The van der Waals surface area contributed by atoms with E-state index in [1.165, 1.54) is 19.3 Å². The van der Waals surface area contributed by atoms with Gasteiger partial charge in [0.15, 0.2) is 0 Å². The highest BCUT2D eigenvalue weighted by molar-refractivity contribution is 5.67. The minimum absolute atomic E-state index is 0.144. The minimum atomic E-state index is -0.144. The summed E-state index contributed by atoms with van der Waals surface area (Å²) >= 11 is 0. The molecule has 1 unspecified atom stereocenters. The molecule has 114 valence electrons. The van der Waals surface area contributed by atoms with Crippen LogP contribution in [0.3, 0.4) is 0 Å². The van der Waals surface area contributed by atoms with Crippen LogP contribution in [0.5, 0.6) is 0 Å². The molecule has 0 saturated carbocycles. The van der Waals surface area contributed by atoms with Gasteiger partial charge in [-0.15, -0.1) is 0 Å². The highest BCUT2D eigenvalue weighted by Gasteiger charge is 2.25. The van der Waals surface area contributed by atoms with Crippen molar-refractivity contribution < 1.29 is 9.53 Å². The van der Waals surface area contributed by atoms with Gasteiger partial charge in [0.05, 0.1) is 6.61 Å². The highest BCUT2D eigenvalue weighted by Crippen LogP contribution is 2.16. The normalized spacial score (nSPS) is 24.1. The average Bonchev–Trinajstić information content (AvgIpc) is 2.46. The van der Waals surface area contributed by atoms with E-state index in [4.69, 9.17) is 4.74 Å². The Morgan fingerprint density at radius 3 is 2.70 bits per heavy atom. The van der Waals surface area contributed by atoms with Crippen LogP contribution in [0.25, 0.3) is 0 Å². The first-order valence-corrected chi connectivity index (χ1v) is 7.99. The van der Waals surface area contributed by atoms with Crippen molar-refractivity contribution in [2.24, 2.45) is 5.92 Å². The standard InChI is InChI=1S/C16H28N2O2/c1-13(2)12-20-16(19)18-10-8-15(9-11-18)17-14-6-4-3-5-7-14/h4,6,13-15,17H,3,5,7-12H2,1-2H3. The van der Waals surface area contributed by atoms with Gasteiger partial charge in [0.25, 0.3) is 0 Å². The Balaban J connectivity index is 1.67. The number of rotatable bonds is 4. The molecule has 1 aliphatic carbocycles. The summed E-state index contributed by atoms with van der Waals surface area (Å²) in [6.07, 6.45) is 10.2. The van der Waals surface area contributed by atoms with E-state index in [1.54, 1.807) is 0 Å². The number of nitrogens with one attached hydrogen (secondary N) is 1. The van der Waals surface area contributed by atoms with Crippen LogP contribution in [0.4, 0.5) is 4.79 Å². The lowest BCUT2D eigenvalue weighted by molar-refractivity contribution is 0.0813. The maximum Gasteiger partial charge on any atom is 0.409 e. The summed E-state index contributed by atoms with van der Waals surface area (Å²) in [5, 5.41) is 3.70. The molecule has 0 aromatic carbocycles. The van der Waals surface area contributed by atoms with E-state index in [2.05, 4.69) is 31.3 Å². The van der Waals surface area contributed by atoms with Crippen molar-refractivity contribution in [2.75, 3.05) is 19.7 Å². The van der Waals surface area contributed by atoms with Crippen LogP contribution in [0, 0.1) is 5.92 Å². The molecular formula is C16H28N2O2. The molecule has 20 heavy (non-hydrogen) atoms. The summed E-state index contributed by atoms with van der Waals surface area (Å²) in [5.74, 6) is 0.399. The molecule has 1 N–H and O–H groups in total. The second-order valence-corrected chi connectivity index (χ2v) is 6.36. The van der Waals surface area contributed by atoms with Crippen LogP contribution in [0.2, 0.25) is 0 Å². The van der Waals surface area contributed by atoms with E-state index < -0.39 is 0 Å². The fourth-order valence-corrected chi connectivity index (χ4v) is 2.81. The third kappa shape index (κ3) is 4.82. The van der Waals surface area contributed by atoms with Crippen molar-refractivity contribution in [2.45, 2.75) is 58.0 Å². The van der Waals surface area contributed by atoms with Crippen molar-refractivity contribution in [3.05, 3.63) is 12.2 Å². The van der Waals surface area contributed by atoms with Crippen LogP contribution >= 0.6 is 0 Å². The molecule has 1 amide bonds. The summed E-state index contributed by atoms with van der Waals surface area (Å²) in [5.41, 5.74) is 0. The van der Waals surface area contributed by atoms with Gasteiger partial charge >= 0.3 is 6.09 Å². The van der Waals surface area contributed by atoms with Crippen molar-refractivity contribution >= 4 is 6.09 Å². The highest BCUT2D eigenvalue weighted by atomic mass is 16.6. The minimum Gasteiger partial charge on any atom is -0.449 e. The molecule has 2 aliphatic rings. The van der Waals surface area contributed by atoms with Crippen LogP contribution in [0.15, 0.2) is 12.2 Å². The molecule has 1 fully saturated rings. The van der Waals surface area contributed by atoms with Crippen LogP contribution in [0.1, 0.15) is 46.0 Å². The zero-order valence-corrected chi connectivity index (χ0v) is 12.8. The molecule has 0 aromatic heterocycles. The van der Waals surface area contributed by atoms with E-state index in [0.717, 1.165) is 25.9 Å². The predicted molar refractivity (Wildman–Crippen MR) is 80.7 cm³/mol. The first-order chi connectivity index (χ1) is 9.65. The van der Waals surface area contributed by atoms with Gasteiger partial charge in [0.2, 0.25) is 0 Å². The number of likely N-dealkylation sites (tertiary alicyclic amines) is 1. The van der Waals surface area contributed by atoms with Crippen molar-refractivity contribution in [3.63, 3.8) is 0 Å². The topological polar surface area (TPSA) is 41.6 Å². The molecule has 1 atom stereocenters. The molecule has 1 aliphatic heterocycles. The van der Waals surface area contributed by atoms with Gasteiger partial charge in [-0.1, -0.05) is 26.0 Å². The summed E-state index contributed by atoms with van der Waals surface area (Å²) < 4.78 is 5.28. The summed E-state index contributed by atoms with van der Waals surface area (Å²) in [6.45, 7) is 6.25. The monoisotopic (exact) mass is 280 g/mol. The smallest absolute Gasteiger partial charge is 0.409 e. The van der Waals surface area contributed by atoms with Crippen LogP contribution in [-0.4, -0.2) is 42.8 Å². The van der Waals surface area contributed by atoms with Crippen molar-refractivity contribution in [3.8, 4) is 0 Å². The van der Waals surface area contributed by atoms with Gasteiger partial charge in [-0.3, -0.25) is 0 Å². The molecule has 2 rings (SSSR count). The zero-order chi connectivity index (χ0) is 14.4. The first kappa shape index (κ1) is 15.4. The molecule has 0 bridgehead atoms. The number of nitrogens with zero attached hydrogens (tertiary/aromatic N) is 1. The van der Waals surface area contributed by atoms with E-state index >= 15 is 0 Å². The quantitative estimate of drug-likeness (QED) is 0.805. The number of carbonyl (C=O) groups excluding carboxylic acids is 1. The van der Waals surface area contributed by atoms with E-state index in [1.807, 2.05) is 4.90 Å². The fraction of sp³-hybridized carbons (Fsp3) is 0.812. The maximum absolute atomic E-state index is 11.9. The van der Waals surface area contributed by atoms with Crippen molar-refractivity contribution in [1.82, 2.24) is 10.2 Å². The van der Waals surface area contributed by atoms with Crippen LogP contribution in [-0.2, 0) is 4.74 Å². The lowest BCUT2D eigenvalue weighted by Gasteiger charge is -2.34. The van der Waals surface area contributed by atoms with Gasteiger partial charge in [-0.05, 0) is 38.0 Å². The molecule has 1 saturated heterocycles. The van der Waals surface area contributed by atoms with E-state index in [9.17, 15) is 4.79 Å². The molecule has 0 spiro atoms. The zero-order valence-electron chi connectivity index (χ0n) is 12.8. The summed E-state index contributed by atoms with van der Waals surface area (Å²) in [6, 6.07) is 1.07. The van der Waals surface area contributed by atoms with Gasteiger partial charge in [-0.2, -0.15) is 0 Å². The van der Waals surface area contributed by atoms with E-state index in [-0.39, 0.29) is 6.09 Å². The second-order valence-electron chi connectivity index (χ2n) is 6.36. The Kier molecular flexibility index (Phi) is 5.89. The van der Waals surface area contributed by atoms with Crippen molar-refractivity contribution in [1.29, 1.82) is 0 Å². The maximum atomic E-state index is 11.9. The molecular weight excluding hydrogens is 252 g/mol. The number of hydrogen-bond donors (Lipinski definition) is 1. The third-order valence-electron chi connectivity index (χ3n) is 4.00. The van der Waals surface area contributed by atoms with Gasteiger partial charge in [0.1, 0.15) is 0 Å². The van der Waals surface area contributed by atoms with Gasteiger partial charge < -0.3 is 15.0 Å². The molecule has 1 heterocycles. The predicted octanol–water partition coefficient (Wildman–Crippen LogP) is 2.94. The SMILES string of the molecule is CC(C)COC(=O)N1CCC(NC2C=CCCC2)CC1. The Hall–Kier alpha value is -1.03. The number of piperidine rings is 1. The lowest BCUT2D eigenvalue weighted by atomic mass is 9.99. The molecule has 4 nitrogen and oxygen atoms in total. The fourth-order valence-electron chi connectivity index (χ4n) is 2.81. The lowest BCUT2D eigenvalue weighted by Crippen LogP contribution is -2.47. The summed E-state index contributed by atoms with van der Waals surface area (Å²) in [4.78, 5) is 13.7. The second kappa shape index (κ2) is 7.67. The van der Waals surface area contributed by atoms with Gasteiger partial charge in [-0.25, -0.2) is 4.79 Å². The number of amides is 1. The Labute approximate surface area is 122 Å². The largest absolute Gasteiger partial charge is 0.449 e. The Morgan fingerprint density at radius 2 is 2.10 bits per heavy atom. The average molecular weight is 280 g/mol. The number of allylic oxidation sites excluding steroid dienone is 1. The number of hydrogen-bond acceptors (Lipinski definition) is 3. The molecule has 0 radical (unpaired) electrons. The number of carbonyl (C=O) groups is 1. The Morgan fingerprint density at radius 1 is 1.35 bits per heavy atom. The first-order valence-electron chi connectivity index (χ1n) is 7.99. The Bertz CT molecular complexity index is 333. The third-order valence-corrected chi connectivity index (χ3v) is 4.00. The number of ether oxygens (including phenoxy) is 1.